The Morgan fingerprint density at radius 1 is 1.19 bits per heavy atom. The Hall–Kier alpha value is -1.32. The van der Waals surface area contributed by atoms with Gasteiger partial charge in [0.2, 0.25) is 0 Å². The van der Waals surface area contributed by atoms with Gasteiger partial charge in [-0.25, -0.2) is 9.97 Å². The Balaban J connectivity index is 2.31. The summed E-state index contributed by atoms with van der Waals surface area (Å²) < 4.78 is 0. The summed E-state index contributed by atoms with van der Waals surface area (Å²) in [7, 11) is 0. The number of nitrogens with zero attached hydrogens (tertiary/aromatic N) is 2. The minimum Gasteiger partial charge on any atom is -0.340 e. The summed E-state index contributed by atoms with van der Waals surface area (Å²) in [6.07, 6.45) is 1.41. The summed E-state index contributed by atoms with van der Waals surface area (Å²) in [5.74, 6) is 0.644. The summed E-state index contributed by atoms with van der Waals surface area (Å²) in [5.41, 5.74) is 1.88. The molecule has 3 nitrogen and oxygen atoms in total. The lowest BCUT2D eigenvalue weighted by atomic mass is 10.2. The van der Waals surface area contributed by atoms with E-state index in [1.165, 1.54) is 6.33 Å². The maximum absolute atomic E-state index is 6.01. The van der Waals surface area contributed by atoms with Gasteiger partial charge in [-0.15, -0.1) is 0 Å². The van der Waals surface area contributed by atoms with Crippen molar-refractivity contribution < 1.29 is 0 Å². The van der Waals surface area contributed by atoms with Crippen molar-refractivity contribution in [2.45, 2.75) is 6.92 Å². The Bertz CT molecular complexity index is 514. The molecule has 2 aromatic rings. The summed E-state index contributed by atoms with van der Waals surface area (Å²) in [6.45, 7) is 1.94. The fourth-order valence-corrected chi connectivity index (χ4v) is 1.60. The van der Waals surface area contributed by atoms with Gasteiger partial charge in [-0.3, -0.25) is 0 Å². The van der Waals surface area contributed by atoms with Gasteiger partial charge in [0.05, 0.1) is 0 Å². The molecule has 82 valence electrons. The number of nitrogens with one attached hydrogen (secondary N) is 1. The fourth-order valence-electron chi connectivity index (χ4n) is 1.28. The highest BCUT2D eigenvalue weighted by molar-refractivity contribution is 6.31. The molecule has 0 spiro atoms. The molecule has 5 heteroatoms. The molecule has 0 aliphatic heterocycles. The minimum absolute atomic E-state index is 0.400. The normalized spacial score (nSPS) is 10.2. The van der Waals surface area contributed by atoms with Crippen molar-refractivity contribution in [3.05, 3.63) is 46.3 Å². The molecule has 0 saturated carbocycles. The van der Waals surface area contributed by atoms with Gasteiger partial charge in [-0.05, 0) is 24.6 Å². The van der Waals surface area contributed by atoms with Crippen molar-refractivity contribution in [1.29, 1.82) is 0 Å². The van der Waals surface area contributed by atoms with Crippen LogP contribution in [0.5, 0.6) is 0 Å². The lowest BCUT2D eigenvalue weighted by Gasteiger charge is -2.09. The van der Waals surface area contributed by atoms with E-state index >= 15 is 0 Å². The van der Waals surface area contributed by atoms with Crippen LogP contribution in [0.4, 0.5) is 11.5 Å². The van der Waals surface area contributed by atoms with Crippen molar-refractivity contribution in [2.24, 2.45) is 0 Å². The predicted molar refractivity (Wildman–Crippen MR) is 66.5 cm³/mol. The quantitative estimate of drug-likeness (QED) is 0.827. The smallest absolute Gasteiger partial charge is 0.135 e. The molecule has 2 rings (SSSR count). The molecular formula is C11H9Cl2N3. The van der Waals surface area contributed by atoms with E-state index in [2.05, 4.69) is 15.3 Å². The Kier molecular flexibility index (Phi) is 3.27. The third-order valence-corrected chi connectivity index (χ3v) is 2.78. The predicted octanol–water partition coefficient (Wildman–Crippen LogP) is 3.84. The van der Waals surface area contributed by atoms with Crippen LogP contribution in [0.15, 0.2) is 30.6 Å². The van der Waals surface area contributed by atoms with Crippen LogP contribution in [0.25, 0.3) is 0 Å². The summed E-state index contributed by atoms with van der Waals surface area (Å²) in [6, 6.07) is 7.30. The third-order valence-electron chi connectivity index (χ3n) is 2.16. The highest BCUT2D eigenvalue weighted by atomic mass is 35.5. The van der Waals surface area contributed by atoms with E-state index < -0.39 is 0 Å². The number of halogens is 2. The first-order valence-electron chi connectivity index (χ1n) is 4.66. The number of rotatable bonds is 2. The molecular weight excluding hydrogens is 245 g/mol. The largest absolute Gasteiger partial charge is 0.340 e. The summed E-state index contributed by atoms with van der Waals surface area (Å²) in [4.78, 5) is 7.87. The molecule has 0 aliphatic rings. The van der Waals surface area contributed by atoms with Gasteiger partial charge in [-0.2, -0.15) is 0 Å². The lowest BCUT2D eigenvalue weighted by Crippen LogP contribution is -1.96. The van der Waals surface area contributed by atoms with Crippen LogP contribution in [-0.4, -0.2) is 9.97 Å². The molecule has 0 fully saturated rings. The SMILES string of the molecule is Cc1c(Cl)cccc1Nc1cc(Cl)ncn1. The zero-order chi connectivity index (χ0) is 11.5. The Morgan fingerprint density at radius 2 is 2.00 bits per heavy atom. The van der Waals surface area contributed by atoms with E-state index in [-0.39, 0.29) is 0 Å². The molecule has 0 aliphatic carbocycles. The van der Waals surface area contributed by atoms with Gasteiger partial charge >= 0.3 is 0 Å². The van der Waals surface area contributed by atoms with E-state index in [9.17, 15) is 0 Å². The third kappa shape index (κ3) is 2.43. The number of aromatic nitrogens is 2. The highest BCUT2D eigenvalue weighted by Gasteiger charge is 2.03. The van der Waals surface area contributed by atoms with Crippen LogP contribution >= 0.6 is 23.2 Å². The monoisotopic (exact) mass is 253 g/mol. The first-order valence-corrected chi connectivity index (χ1v) is 5.42. The van der Waals surface area contributed by atoms with E-state index in [0.29, 0.717) is 16.0 Å². The van der Waals surface area contributed by atoms with Crippen LogP contribution in [0.3, 0.4) is 0 Å². The number of benzene rings is 1. The molecule has 16 heavy (non-hydrogen) atoms. The van der Waals surface area contributed by atoms with Crippen molar-refractivity contribution in [2.75, 3.05) is 5.32 Å². The molecule has 0 amide bonds. The van der Waals surface area contributed by atoms with Gasteiger partial charge in [0, 0.05) is 16.8 Å². The van der Waals surface area contributed by atoms with E-state index in [1.807, 2.05) is 25.1 Å². The molecule has 0 saturated heterocycles. The van der Waals surface area contributed by atoms with E-state index in [4.69, 9.17) is 23.2 Å². The van der Waals surface area contributed by atoms with E-state index in [1.54, 1.807) is 6.07 Å². The summed E-state index contributed by atoms with van der Waals surface area (Å²) >= 11 is 11.8. The molecule has 1 aromatic heterocycles. The standard InChI is InChI=1S/C11H9Cl2N3/c1-7-8(12)3-2-4-9(7)16-11-5-10(13)14-6-15-11/h2-6H,1H3,(H,14,15,16). The van der Waals surface area contributed by atoms with Gasteiger partial charge in [0.1, 0.15) is 17.3 Å². The van der Waals surface area contributed by atoms with Crippen molar-refractivity contribution in [3.63, 3.8) is 0 Å². The molecule has 0 radical (unpaired) electrons. The summed E-state index contributed by atoms with van der Waals surface area (Å²) in [5, 5.41) is 4.25. The molecule has 0 bridgehead atoms. The van der Waals surface area contributed by atoms with Crippen molar-refractivity contribution in [1.82, 2.24) is 9.97 Å². The minimum atomic E-state index is 0.400. The van der Waals surface area contributed by atoms with Crippen molar-refractivity contribution >= 4 is 34.7 Å². The number of anilines is 2. The number of hydrogen-bond acceptors (Lipinski definition) is 3. The van der Waals surface area contributed by atoms with Gasteiger partial charge in [0.25, 0.3) is 0 Å². The van der Waals surface area contributed by atoms with Gasteiger partial charge in [0.15, 0.2) is 0 Å². The topological polar surface area (TPSA) is 37.8 Å². The molecule has 0 unspecified atom stereocenters. The fraction of sp³-hybridized carbons (Fsp3) is 0.0909. The zero-order valence-electron chi connectivity index (χ0n) is 8.54. The second-order valence-electron chi connectivity index (χ2n) is 3.26. The van der Waals surface area contributed by atoms with Gasteiger partial charge < -0.3 is 5.32 Å². The van der Waals surface area contributed by atoms with Crippen LogP contribution in [-0.2, 0) is 0 Å². The molecule has 1 N–H and O–H groups in total. The molecule has 0 atom stereocenters. The highest BCUT2D eigenvalue weighted by Crippen LogP contribution is 2.25. The second kappa shape index (κ2) is 4.68. The van der Waals surface area contributed by atoms with Crippen LogP contribution in [0.2, 0.25) is 10.2 Å². The van der Waals surface area contributed by atoms with Crippen LogP contribution in [0.1, 0.15) is 5.56 Å². The first-order chi connectivity index (χ1) is 7.66. The zero-order valence-corrected chi connectivity index (χ0v) is 10.0. The molecule has 1 heterocycles. The molecule has 1 aromatic carbocycles. The Morgan fingerprint density at radius 3 is 2.75 bits per heavy atom. The Labute approximate surface area is 103 Å². The number of hydrogen-bond donors (Lipinski definition) is 1. The van der Waals surface area contributed by atoms with Crippen LogP contribution in [0, 0.1) is 6.92 Å². The second-order valence-corrected chi connectivity index (χ2v) is 4.06. The van der Waals surface area contributed by atoms with E-state index in [0.717, 1.165) is 11.3 Å². The lowest BCUT2D eigenvalue weighted by molar-refractivity contribution is 1.17. The van der Waals surface area contributed by atoms with Gasteiger partial charge in [-0.1, -0.05) is 29.3 Å². The average molecular weight is 254 g/mol. The van der Waals surface area contributed by atoms with Crippen LogP contribution < -0.4 is 5.32 Å². The first kappa shape index (κ1) is 11.2. The average Bonchev–Trinajstić information content (AvgIpc) is 2.25. The van der Waals surface area contributed by atoms with Crippen molar-refractivity contribution in [3.8, 4) is 0 Å². The maximum atomic E-state index is 6.01. The maximum Gasteiger partial charge on any atom is 0.135 e.